The number of H-pyrrole nitrogens is 1. The monoisotopic (exact) mass is 198 g/mol. The third-order valence-electron chi connectivity index (χ3n) is 2.16. The Balaban J connectivity index is 2.33. The topological polar surface area (TPSA) is 65.4 Å². The number of rotatable bonds is 2. The molecule has 4 heteroatoms. The number of hydrogen-bond donors (Lipinski definition) is 1. The summed E-state index contributed by atoms with van der Waals surface area (Å²) in [5.41, 5.74) is 1.60. The van der Waals surface area contributed by atoms with E-state index in [1.54, 1.807) is 12.4 Å². The Hall–Kier alpha value is -2.15. The standard InChI is InChI=1S/C11H10N4/c1-8(6-12)10-7-14-11(15-10)9-4-2-3-5-13-9/h2-5,7-8H,1H3,(H,14,15). The van der Waals surface area contributed by atoms with Crippen LogP contribution in [0.15, 0.2) is 30.6 Å². The van der Waals surface area contributed by atoms with E-state index in [4.69, 9.17) is 5.26 Å². The van der Waals surface area contributed by atoms with Crippen LogP contribution in [-0.4, -0.2) is 15.0 Å². The Morgan fingerprint density at radius 3 is 2.93 bits per heavy atom. The Morgan fingerprint density at radius 2 is 2.27 bits per heavy atom. The molecule has 0 saturated carbocycles. The number of pyridine rings is 1. The second-order valence-corrected chi connectivity index (χ2v) is 3.25. The molecule has 0 fully saturated rings. The number of hydrogen-bond acceptors (Lipinski definition) is 3. The maximum Gasteiger partial charge on any atom is 0.156 e. The van der Waals surface area contributed by atoms with Crippen LogP contribution in [0.25, 0.3) is 11.5 Å². The predicted molar refractivity (Wildman–Crippen MR) is 55.8 cm³/mol. The zero-order valence-electron chi connectivity index (χ0n) is 8.31. The van der Waals surface area contributed by atoms with Gasteiger partial charge in [0.25, 0.3) is 0 Å². The first-order valence-corrected chi connectivity index (χ1v) is 4.67. The van der Waals surface area contributed by atoms with Crippen LogP contribution in [0.4, 0.5) is 0 Å². The van der Waals surface area contributed by atoms with Crippen molar-refractivity contribution in [3.05, 3.63) is 36.3 Å². The molecule has 0 amide bonds. The van der Waals surface area contributed by atoms with E-state index in [9.17, 15) is 0 Å². The van der Waals surface area contributed by atoms with Gasteiger partial charge in [0.2, 0.25) is 0 Å². The van der Waals surface area contributed by atoms with Crippen LogP contribution in [0.1, 0.15) is 18.5 Å². The molecule has 0 saturated heterocycles. The molecule has 4 nitrogen and oxygen atoms in total. The third kappa shape index (κ3) is 1.86. The Kier molecular flexibility index (Phi) is 2.46. The fraction of sp³-hybridized carbons (Fsp3) is 0.182. The fourth-order valence-corrected chi connectivity index (χ4v) is 1.26. The lowest BCUT2D eigenvalue weighted by Gasteiger charge is -1.96. The van der Waals surface area contributed by atoms with E-state index >= 15 is 0 Å². The maximum absolute atomic E-state index is 8.75. The number of imidazole rings is 1. The van der Waals surface area contributed by atoms with Gasteiger partial charge in [-0.1, -0.05) is 6.07 Å². The first-order valence-electron chi connectivity index (χ1n) is 4.67. The van der Waals surface area contributed by atoms with Crippen molar-refractivity contribution in [3.8, 4) is 17.6 Å². The van der Waals surface area contributed by atoms with Gasteiger partial charge >= 0.3 is 0 Å². The van der Waals surface area contributed by atoms with Crippen LogP contribution < -0.4 is 0 Å². The molecule has 2 heterocycles. The summed E-state index contributed by atoms with van der Waals surface area (Å²) in [7, 11) is 0. The molecule has 1 unspecified atom stereocenters. The molecule has 74 valence electrons. The highest BCUT2D eigenvalue weighted by atomic mass is 14.9. The Morgan fingerprint density at radius 1 is 1.40 bits per heavy atom. The molecule has 1 N–H and O–H groups in total. The lowest BCUT2D eigenvalue weighted by Crippen LogP contribution is -1.89. The van der Waals surface area contributed by atoms with Crippen molar-refractivity contribution in [3.63, 3.8) is 0 Å². The minimum absolute atomic E-state index is 0.171. The molecule has 0 bridgehead atoms. The average molecular weight is 198 g/mol. The maximum atomic E-state index is 8.75. The van der Waals surface area contributed by atoms with Crippen molar-refractivity contribution in [2.75, 3.05) is 0 Å². The number of nitrogens with one attached hydrogen (secondary N) is 1. The molecular weight excluding hydrogens is 188 g/mol. The van der Waals surface area contributed by atoms with Crippen molar-refractivity contribution in [1.82, 2.24) is 15.0 Å². The highest BCUT2D eigenvalue weighted by molar-refractivity contribution is 5.49. The van der Waals surface area contributed by atoms with Crippen LogP contribution in [0.2, 0.25) is 0 Å². The number of aromatic nitrogens is 3. The van der Waals surface area contributed by atoms with Gasteiger partial charge in [-0.3, -0.25) is 4.98 Å². The quantitative estimate of drug-likeness (QED) is 0.803. The summed E-state index contributed by atoms with van der Waals surface area (Å²) in [6.07, 6.45) is 3.39. The smallest absolute Gasteiger partial charge is 0.156 e. The van der Waals surface area contributed by atoms with Gasteiger partial charge in [-0.05, 0) is 19.1 Å². The number of aromatic amines is 1. The largest absolute Gasteiger partial charge is 0.339 e. The van der Waals surface area contributed by atoms with Crippen molar-refractivity contribution in [2.45, 2.75) is 12.8 Å². The van der Waals surface area contributed by atoms with E-state index in [1.807, 2.05) is 25.1 Å². The van der Waals surface area contributed by atoms with Gasteiger partial charge in [-0.25, -0.2) is 4.98 Å². The van der Waals surface area contributed by atoms with Crippen LogP contribution in [0.5, 0.6) is 0 Å². The molecule has 0 radical (unpaired) electrons. The lowest BCUT2D eigenvalue weighted by molar-refractivity contribution is 0.935. The molecule has 0 aliphatic rings. The molecule has 2 aromatic heterocycles. The van der Waals surface area contributed by atoms with E-state index < -0.39 is 0 Å². The van der Waals surface area contributed by atoms with Crippen molar-refractivity contribution >= 4 is 0 Å². The van der Waals surface area contributed by atoms with Crippen molar-refractivity contribution in [2.24, 2.45) is 0 Å². The Labute approximate surface area is 87.6 Å². The number of nitriles is 1. The van der Waals surface area contributed by atoms with Gasteiger partial charge in [0.15, 0.2) is 5.82 Å². The molecule has 15 heavy (non-hydrogen) atoms. The van der Waals surface area contributed by atoms with Gasteiger partial charge in [0, 0.05) is 6.20 Å². The second-order valence-electron chi connectivity index (χ2n) is 3.25. The van der Waals surface area contributed by atoms with Gasteiger partial charge in [0.05, 0.1) is 23.9 Å². The minimum Gasteiger partial charge on any atom is -0.339 e. The van der Waals surface area contributed by atoms with Crippen LogP contribution in [0, 0.1) is 11.3 Å². The summed E-state index contributed by atoms with van der Waals surface area (Å²) in [5, 5.41) is 8.75. The summed E-state index contributed by atoms with van der Waals surface area (Å²) in [6.45, 7) is 1.83. The second kappa shape index (κ2) is 3.93. The summed E-state index contributed by atoms with van der Waals surface area (Å²) < 4.78 is 0. The molecule has 0 spiro atoms. The zero-order chi connectivity index (χ0) is 10.7. The van der Waals surface area contributed by atoms with Gasteiger partial charge in [0.1, 0.15) is 5.69 Å². The molecule has 0 aliphatic carbocycles. The van der Waals surface area contributed by atoms with E-state index in [1.165, 1.54) is 0 Å². The van der Waals surface area contributed by atoms with Gasteiger partial charge < -0.3 is 4.98 Å². The van der Waals surface area contributed by atoms with Crippen LogP contribution in [-0.2, 0) is 0 Å². The normalized spacial score (nSPS) is 12.0. The van der Waals surface area contributed by atoms with Crippen LogP contribution >= 0.6 is 0 Å². The van der Waals surface area contributed by atoms with E-state index in [0.717, 1.165) is 11.4 Å². The van der Waals surface area contributed by atoms with Crippen LogP contribution in [0.3, 0.4) is 0 Å². The molecule has 0 aromatic carbocycles. The summed E-state index contributed by atoms with van der Waals surface area (Å²) in [4.78, 5) is 11.4. The summed E-state index contributed by atoms with van der Waals surface area (Å²) in [6, 6.07) is 7.78. The molecule has 2 aromatic rings. The fourth-order valence-electron chi connectivity index (χ4n) is 1.26. The van der Waals surface area contributed by atoms with E-state index in [0.29, 0.717) is 5.82 Å². The lowest BCUT2D eigenvalue weighted by atomic mass is 10.1. The molecule has 2 rings (SSSR count). The SMILES string of the molecule is CC(C#N)c1cnc(-c2ccccn2)[nH]1. The van der Waals surface area contributed by atoms with E-state index in [-0.39, 0.29) is 5.92 Å². The average Bonchev–Trinajstić information content (AvgIpc) is 2.78. The summed E-state index contributed by atoms with van der Waals surface area (Å²) >= 11 is 0. The van der Waals surface area contributed by atoms with E-state index in [2.05, 4.69) is 21.0 Å². The molecule has 0 aliphatic heterocycles. The zero-order valence-corrected chi connectivity index (χ0v) is 8.31. The molecular formula is C11H10N4. The Bertz CT molecular complexity index is 481. The molecule has 1 atom stereocenters. The third-order valence-corrected chi connectivity index (χ3v) is 2.16. The van der Waals surface area contributed by atoms with Crippen molar-refractivity contribution in [1.29, 1.82) is 5.26 Å². The first-order chi connectivity index (χ1) is 7.31. The number of nitrogens with zero attached hydrogens (tertiary/aromatic N) is 3. The van der Waals surface area contributed by atoms with Gasteiger partial charge in [-0.2, -0.15) is 5.26 Å². The highest BCUT2D eigenvalue weighted by Crippen LogP contribution is 2.16. The highest BCUT2D eigenvalue weighted by Gasteiger charge is 2.09. The predicted octanol–water partition coefficient (Wildman–Crippen LogP) is 2.10. The summed E-state index contributed by atoms with van der Waals surface area (Å²) in [5.74, 6) is 0.530. The van der Waals surface area contributed by atoms with Crippen molar-refractivity contribution < 1.29 is 0 Å². The first kappa shape index (κ1) is 9.41. The van der Waals surface area contributed by atoms with Gasteiger partial charge in [-0.15, -0.1) is 0 Å². The minimum atomic E-state index is -0.171.